The van der Waals surface area contributed by atoms with Crippen LogP contribution in [-0.4, -0.2) is 29.5 Å². The summed E-state index contributed by atoms with van der Waals surface area (Å²) in [5.41, 5.74) is 0.786. The standard InChI is InChI=1S/C13H22F2N4/c1-4-6-11-18-12(16-7-5-2)9(3)13(19-11)17-8-10(14)15/h10H,4-8H2,1-3H3,(H2,16,17,18,19). The summed E-state index contributed by atoms with van der Waals surface area (Å²) in [4.78, 5) is 8.74. The van der Waals surface area contributed by atoms with Gasteiger partial charge in [-0.3, -0.25) is 0 Å². The Balaban J connectivity index is 2.94. The third-order valence-electron chi connectivity index (χ3n) is 2.63. The molecule has 1 rings (SSSR count). The molecule has 0 atom stereocenters. The molecule has 1 aromatic rings. The lowest BCUT2D eigenvalue weighted by molar-refractivity contribution is 0.163. The van der Waals surface area contributed by atoms with E-state index < -0.39 is 13.0 Å². The van der Waals surface area contributed by atoms with Crippen LogP contribution in [0.1, 0.15) is 38.1 Å². The Morgan fingerprint density at radius 3 is 2.21 bits per heavy atom. The molecule has 0 aliphatic heterocycles. The van der Waals surface area contributed by atoms with Gasteiger partial charge in [-0.25, -0.2) is 18.7 Å². The van der Waals surface area contributed by atoms with E-state index in [1.807, 2.05) is 13.8 Å². The quantitative estimate of drug-likeness (QED) is 0.763. The average Bonchev–Trinajstić information content (AvgIpc) is 2.37. The van der Waals surface area contributed by atoms with Gasteiger partial charge in [0.25, 0.3) is 6.43 Å². The Bertz CT molecular complexity index is 396. The van der Waals surface area contributed by atoms with Gasteiger partial charge in [-0.1, -0.05) is 13.8 Å². The van der Waals surface area contributed by atoms with Crippen LogP contribution in [0.25, 0.3) is 0 Å². The van der Waals surface area contributed by atoms with Gasteiger partial charge in [0.05, 0.1) is 6.54 Å². The summed E-state index contributed by atoms with van der Waals surface area (Å²) in [6.07, 6.45) is 0.248. The fraction of sp³-hybridized carbons (Fsp3) is 0.692. The second-order valence-electron chi connectivity index (χ2n) is 4.41. The maximum atomic E-state index is 12.3. The van der Waals surface area contributed by atoms with E-state index in [1.54, 1.807) is 0 Å². The lowest BCUT2D eigenvalue weighted by Gasteiger charge is -2.14. The van der Waals surface area contributed by atoms with E-state index in [0.717, 1.165) is 37.2 Å². The molecular formula is C13H22F2N4. The summed E-state index contributed by atoms with van der Waals surface area (Å²) in [6, 6.07) is 0. The predicted octanol–water partition coefficient (Wildman–Crippen LogP) is 3.24. The molecule has 0 radical (unpaired) electrons. The van der Waals surface area contributed by atoms with Crippen LogP contribution in [0, 0.1) is 6.92 Å². The SMILES string of the molecule is CCCNc1nc(CCC)nc(NCC(F)F)c1C. The van der Waals surface area contributed by atoms with Crippen LogP contribution >= 0.6 is 0 Å². The number of anilines is 2. The van der Waals surface area contributed by atoms with E-state index in [-0.39, 0.29) is 0 Å². The van der Waals surface area contributed by atoms with E-state index in [9.17, 15) is 8.78 Å². The fourth-order valence-electron chi connectivity index (χ4n) is 1.66. The molecule has 0 saturated heterocycles. The first-order valence-electron chi connectivity index (χ1n) is 6.71. The van der Waals surface area contributed by atoms with E-state index in [4.69, 9.17) is 0 Å². The molecular weight excluding hydrogens is 250 g/mol. The minimum absolute atomic E-state index is 0.392. The lowest BCUT2D eigenvalue weighted by atomic mass is 10.2. The van der Waals surface area contributed by atoms with Crippen molar-refractivity contribution in [1.29, 1.82) is 0 Å². The van der Waals surface area contributed by atoms with Crippen molar-refractivity contribution >= 4 is 11.6 Å². The van der Waals surface area contributed by atoms with E-state index >= 15 is 0 Å². The Hall–Kier alpha value is -1.46. The number of nitrogens with zero attached hydrogens (tertiary/aromatic N) is 2. The number of hydrogen-bond donors (Lipinski definition) is 2. The molecule has 0 amide bonds. The summed E-state index contributed by atoms with van der Waals surface area (Å²) in [6.45, 7) is 6.34. The molecule has 0 unspecified atom stereocenters. The molecule has 0 aliphatic carbocycles. The number of aromatic nitrogens is 2. The molecule has 4 nitrogen and oxygen atoms in total. The molecule has 0 bridgehead atoms. The Labute approximate surface area is 113 Å². The Morgan fingerprint density at radius 1 is 1.05 bits per heavy atom. The summed E-state index contributed by atoms with van der Waals surface area (Å²) < 4.78 is 24.6. The topological polar surface area (TPSA) is 49.8 Å². The first kappa shape index (κ1) is 15.6. The van der Waals surface area contributed by atoms with E-state index in [2.05, 4.69) is 27.5 Å². The van der Waals surface area contributed by atoms with Crippen LogP contribution in [-0.2, 0) is 6.42 Å². The summed E-state index contributed by atoms with van der Waals surface area (Å²) in [5.74, 6) is 1.91. The van der Waals surface area contributed by atoms with Crippen molar-refractivity contribution in [2.24, 2.45) is 0 Å². The molecule has 19 heavy (non-hydrogen) atoms. The maximum absolute atomic E-state index is 12.3. The first-order valence-corrected chi connectivity index (χ1v) is 6.71. The highest BCUT2D eigenvalue weighted by atomic mass is 19.3. The molecule has 108 valence electrons. The second kappa shape index (κ2) is 7.86. The van der Waals surface area contributed by atoms with Crippen molar-refractivity contribution in [1.82, 2.24) is 9.97 Å². The minimum atomic E-state index is -2.39. The van der Waals surface area contributed by atoms with Crippen LogP contribution in [0.2, 0.25) is 0 Å². The predicted molar refractivity (Wildman–Crippen MR) is 74.0 cm³/mol. The number of alkyl halides is 2. The van der Waals surface area contributed by atoms with Crippen LogP contribution < -0.4 is 10.6 Å². The zero-order valence-electron chi connectivity index (χ0n) is 11.8. The number of hydrogen-bond acceptors (Lipinski definition) is 4. The van der Waals surface area contributed by atoms with Gasteiger partial charge >= 0.3 is 0 Å². The van der Waals surface area contributed by atoms with Gasteiger partial charge in [-0.05, 0) is 19.8 Å². The van der Waals surface area contributed by atoms with Crippen molar-refractivity contribution in [2.45, 2.75) is 46.5 Å². The van der Waals surface area contributed by atoms with Crippen molar-refractivity contribution < 1.29 is 8.78 Å². The maximum Gasteiger partial charge on any atom is 0.255 e. The third kappa shape index (κ3) is 4.96. The molecule has 1 heterocycles. The molecule has 0 aromatic carbocycles. The monoisotopic (exact) mass is 272 g/mol. The zero-order chi connectivity index (χ0) is 14.3. The van der Waals surface area contributed by atoms with Crippen molar-refractivity contribution in [3.8, 4) is 0 Å². The summed E-state index contributed by atoms with van der Waals surface area (Å²) in [5, 5.41) is 5.90. The number of rotatable bonds is 8. The third-order valence-corrected chi connectivity index (χ3v) is 2.63. The molecule has 6 heteroatoms. The molecule has 2 N–H and O–H groups in total. The number of halogens is 2. The lowest BCUT2D eigenvalue weighted by Crippen LogP contribution is -2.15. The van der Waals surface area contributed by atoms with E-state index in [0.29, 0.717) is 11.6 Å². The van der Waals surface area contributed by atoms with Gasteiger partial charge in [0.2, 0.25) is 0 Å². The summed E-state index contributed by atoms with van der Waals surface area (Å²) >= 11 is 0. The number of nitrogens with one attached hydrogen (secondary N) is 2. The van der Waals surface area contributed by atoms with Crippen molar-refractivity contribution in [3.63, 3.8) is 0 Å². The number of aryl methyl sites for hydroxylation is 1. The Morgan fingerprint density at radius 2 is 1.68 bits per heavy atom. The van der Waals surface area contributed by atoms with E-state index in [1.165, 1.54) is 0 Å². The van der Waals surface area contributed by atoms with Gasteiger partial charge in [0, 0.05) is 18.5 Å². The molecule has 0 saturated carbocycles. The minimum Gasteiger partial charge on any atom is -0.370 e. The highest BCUT2D eigenvalue weighted by molar-refractivity contribution is 5.57. The smallest absolute Gasteiger partial charge is 0.255 e. The average molecular weight is 272 g/mol. The summed E-state index contributed by atoms with van der Waals surface area (Å²) in [7, 11) is 0. The zero-order valence-corrected chi connectivity index (χ0v) is 11.8. The fourth-order valence-corrected chi connectivity index (χ4v) is 1.66. The molecule has 0 spiro atoms. The van der Waals surface area contributed by atoms with Crippen LogP contribution in [0.4, 0.5) is 20.4 Å². The largest absolute Gasteiger partial charge is 0.370 e. The van der Waals surface area contributed by atoms with Gasteiger partial charge in [-0.2, -0.15) is 0 Å². The van der Waals surface area contributed by atoms with Crippen LogP contribution in [0.15, 0.2) is 0 Å². The Kier molecular flexibility index (Phi) is 6.45. The van der Waals surface area contributed by atoms with Gasteiger partial charge < -0.3 is 10.6 Å². The van der Waals surface area contributed by atoms with Gasteiger partial charge in [0.1, 0.15) is 17.5 Å². The molecule has 0 fully saturated rings. The van der Waals surface area contributed by atoms with Crippen LogP contribution in [0.3, 0.4) is 0 Å². The van der Waals surface area contributed by atoms with Gasteiger partial charge in [0.15, 0.2) is 0 Å². The highest BCUT2D eigenvalue weighted by Crippen LogP contribution is 2.20. The first-order chi connectivity index (χ1) is 9.08. The second-order valence-corrected chi connectivity index (χ2v) is 4.41. The van der Waals surface area contributed by atoms with Crippen molar-refractivity contribution in [3.05, 3.63) is 11.4 Å². The van der Waals surface area contributed by atoms with Crippen molar-refractivity contribution in [2.75, 3.05) is 23.7 Å². The molecule has 0 aliphatic rings. The van der Waals surface area contributed by atoms with Crippen LogP contribution in [0.5, 0.6) is 0 Å². The molecule has 1 aromatic heterocycles. The highest BCUT2D eigenvalue weighted by Gasteiger charge is 2.11. The van der Waals surface area contributed by atoms with Gasteiger partial charge in [-0.15, -0.1) is 0 Å². The normalized spacial score (nSPS) is 10.8.